The number of para-hydroxylation sites is 1. The third-order valence-electron chi connectivity index (χ3n) is 4.52. The molecule has 8 heteroatoms. The molecule has 0 saturated carbocycles. The number of imidazole rings is 1. The number of hydrogen-bond donors (Lipinski definition) is 0. The zero-order valence-electron chi connectivity index (χ0n) is 15.8. The molecule has 0 aliphatic carbocycles. The number of rotatable bonds is 4. The summed E-state index contributed by atoms with van der Waals surface area (Å²) in [7, 11) is 1.86. The highest BCUT2D eigenvalue weighted by atomic mass is 32.2. The van der Waals surface area contributed by atoms with Crippen LogP contribution in [0.2, 0.25) is 0 Å². The van der Waals surface area contributed by atoms with Gasteiger partial charge in [0, 0.05) is 17.2 Å². The summed E-state index contributed by atoms with van der Waals surface area (Å²) in [6, 6.07) is 12.5. The largest absolute Gasteiger partial charge is 0.446 e. The van der Waals surface area contributed by atoms with Gasteiger partial charge in [0.2, 0.25) is 0 Å². The summed E-state index contributed by atoms with van der Waals surface area (Å²) in [5.41, 5.74) is -2.31. The van der Waals surface area contributed by atoms with E-state index in [2.05, 4.69) is 24.1 Å². The molecule has 0 amide bonds. The number of aromatic nitrogens is 2. The van der Waals surface area contributed by atoms with Crippen molar-refractivity contribution in [1.82, 2.24) is 9.55 Å². The average molecular weight is 434 g/mol. The van der Waals surface area contributed by atoms with Crippen molar-refractivity contribution in [3.63, 3.8) is 0 Å². The van der Waals surface area contributed by atoms with Gasteiger partial charge in [-0.2, -0.15) is 24.9 Å². The van der Waals surface area contributed by atoms with Gasteiger partial charge in [0.1, 0.15) is 5.70 Å². The molecule has 0 fully saturated rings. The summed E-state index contributed by atoms with van der Waals surface area (Å²) in [6.45, 7) is 2.11. The molecule has 3 aromatic rings. The lowest BCUT2D eigenvalue weighted by molar-refractivity contribution is -0.0328. The van der Waals surface area contributed by atoms with Crippen molar-refractivity contribution in [3.05, 3.63) is 64.9 Å². The number of fused-ring (bicyclic) bond motifs is 2. The fourth-order valence-corrected chi connectivity index (χ4v) is 4.72. The van der Waals surface area contributed by atoms with E-state index in [0.717, 1.165) is 27.5 Å². The molecule has 4 rings (SSSR count). The van der Waals surface area contributed by atoms with E-state index >= 15 is 0 Å². The molecule has 1 atom stereocenters. The summed E-state index contributed by atoms with van der Waals surface area (Å²) in [6.07, 6.45) is 4.25. The van der Waals surface area contributed by atoms with E-state index in [0.29, 0.717) is 11.3 Å². The number of halogens is 3. The first-order valence-electron chi connectivity index (χ1n) is 9.05. The quantitative estimate of drug-likeness (QED) is 0.556. The summed E-state index contributed by atoms with van der Waals surface area (Å²) in [5, 5.41) is 2.06. The number of thioether (sulfide) groups is 2. The Morgan fingerprint density at radius 3 is 2.66 bits per heavy atom. The molecular weight excluding hydrogens is 415 g/mol. The van der Waals surface area contributed by atoms with E-state index in [1.54, 1.807) is 17.8 Å². The number of aryl methyl sites for hydroxylation is 1. The molecule has 1 aliphatic heterocycles. The standard InChI is InChI=1S/C21H18F3N3S2/c1-3-28-15-10-13-6-4-5-7-16(13)25-18(12-15)20-26-17-11-14(29-21(22,23)24)8-9-19(17)27(20)2/h4-12,15H,3H2,1-2H3. The maximum absolute atomic E-state index is 12.7. The first-order chi connectivity index (χ1) is 13.8. The normalized spacial score (nSPS) is 16.6. The second-order valence-electron chi connectivity index (χ2n) is 6.50. The Bertz CT molecular complexity index is 1210. The summed E-state index contributed by atoms with van der Waals surface area (Å²) < 4.78 is 40.1. The average Bonchev–Trinajstić information content (AvgIpc) is 2.86. The molecule has 150 valence electrons. The number of hydrogen-bond acceptors (Lipinski definition) is 4. The molecule has 1 aliphatic rings. The summed E-state index contributed by atoms with van der Waals surface area (Å²) in [5.74, 6) is 1.59. The molecule has 2 heterocycles. The number of benzene rings is 2. The fraction of sp³-hybridized carbons (Fsp3) is 0.238. The Hall–Kier alpha value is -2.19. The van der Waals surface area contributed by atoms with Crippen molar-refractivity contribution >= 4 is 46.3 Å². The Labute approximate surface area is 174 Å². The van der Waals surface area contributed by atoms with E-state index in [4.69, 9.17) is 4.99 Å². The smallest absolute Gasteiger partial charge is 0.326 e. The zero-order chi connectivity index (χ0) is 20.6. The van der Waals surface area contributed by atoms with Gasteiger partial charge in [0.05, 0.1) is 16.4 Å². The summed E-state index contributed by atoms with van der Waals surface area (Å²) in [4.78, 5) is 9.59. The molecule has 0 spiro atoms. The highest BCUT2D eigenvalue weighted by Gasteiger charge is 2.29. The van der Waals surface area contributed by atoms with Crippen molar-refractivity contribution in [2.75, 3.05) is 5.75 Å². The van der Waals surface area contributed by atoms with E-state index < -0.39 is 5.51 Å². The van der Waals surface area contributed by atoms with Crippen LogP contribution in [0.15, 0.2) is 58.4 Å². The van der Waals surface area contributed by atoms with Crippen molar-refractivity contribution in [2.24, 2.45) is 12.0 Å². The van der Waals surface area contributed by atoms with E-state index in [1.807, 2.05) is 35.9 Å². The topological polar surface area (TPSA) is 30.2 Å². The van der Waals surface area contributed by atoms with Crippen molar-refractivity contribution in [3.8, 4) is 0 Å². The van der Waals surface area contributed by atoms with Crippen LogP contribution in [0.1, 0.15) is 12.7 Å². The van der Waals surface area contributed by atoms with Gasteiger partial charge in [-0.15, -0.1) is 0 Å². The molecular formula is C21H18F3N3S2. The molecule has 0 radical (unpaired) electrons. The van der Waals surface area contributed by atoms with Crippen LogP contribution in [0.25, 0.3) is 22.8 Å². The van der Waals surface area contributed by atoms with Crippen LogP contribution in [-0.4, -0.2) is 26.1 Å². The SMILES string of the molecule is CCSC1C=C(c2nc3cc(SC(F)(F)F)ccc3n2C)N=c2ccccc2=C1. The highest BCUT2D eigenvalue weighted by molar-refractivity contribution is 8.00. The van der Waals surface area contributed by atoms with Crippen LogP contribution < -0.4 is 10.6 Å². The summed E-state index contributed by atoms with van der Waals surface area (Å²) >= 11 is 1.66. The second-order valence-corrected chi connectivity index (χ2v) is 9.10. The molecule has 0 bridgehead atoms. The van der Waals surface area contributed by atoms with Crippen LogP contribution in [0, 0.1) is 0 Å². The Kier molecular flexibility index (Phi) is 5.48. The fourth-order valence-electron chi connectivity index (χ4n) is 3.30. The lowest BCUT2D eigenvalue weighted by atomic mass is 10.2. The molecule has 1 aromatic heterocycles. The minimum atomic E-state index is -4.32. The van der Waals surface area contributed by atoms with Crippen LogP contribution >= 0.6 is 23.5 Å². The van der Waals surface area contributed by atoms with Crippen molar-refractivity contribution in [2.45, 2.75) is 22.6 Å². The number of alkyl halides is 3. The highest BCUT2D eigenvalue weighted by Crippen LogP contribution is 2.38. The van der Waals surface area contributed by atoms with Gasteiger partial charge in [-0.25, -0.2) is 9.98 Å². The molecule has 0 saturated heterocycles. The minimum absolute atomic E-state index is 0.125. The predicted molar refractivity (Wildman–Crippen MR) is 114 cm³/mol. The van der Waals surface area contributed by atoms with Crippen LogP contribution in [0.3, 0.4) is 0 Å². The predicted octanol–water partition coefficient (Wildman–Crippen LogP) is 4.76. The molecule has 29 heavy (non-hydrogen) atoms. The lowest BCUT2D eigenvalue weighted by Crippen LogP contribution is -2.24. The first kappa shape index (κ1) is 20.1. The van der Waals surface area contributed by atoms with Gasteiger partial charge in [0.15, 0.2) is 5.82 Å². The monoisotopic (exact) mass is 433 g/mol. The molecule has 0 N–H and O–H groups in total. The van der Waals surface area contributed by atoms with Crippen LogP contribution in [-0.2, 0) is 7.05 Å². The Balaban J connectivity index is 1.84. The zero-order valence-corrected chi connectivity index (χ0v) is 17.4. The van der Waals surface area contributed by atoms with E-state index in [9.17, 15) is 13.2 Å². The van der Waals surface area contributed by atoms with Gasteiger partial charge in [0.25, 0.3) is 0 Å². The molecule has 1 unspecified atom stereocenters. The van der Waals surface area contributed by atoms with E-state index in [1.165, 1.54) is 12.1 Å². The first-order valence-corrected chi connectivity index (χ1v) is 10.9. The lowest BCUT2D eigenvalue weighted by Gasteiger charge is -2.07. The van der Waals surface area contributed by atoms with E-state index in [-0.39, 0.29) is 21.9 Å². The van der Waals surface area contributed by atoms with Crippen LogP contribution in [0.4, 0.5) is 13.2 Å². The Morgan fingerprint density at radius 1 is 1.10 bits per heavy atom. The van der Waals surface area contributed by atoms with Crippen molar-refractivity contribution < 1.29 is 13.2 Å². The van der Waals surface area contributed by atoms with Gasteiger partial charge < -0.3 is 4.57 Å². The maximum Gasteiger partial charge on any atom is 0.446 e. The number of nitrogens with zero attached hydrogens (tertiary/aromatic N) is 3. The van der Waals surface area contributed by atoms with Crippen LogP contribution in [0.5, 0.6) is 0 Å². The molecule has 3 nitrogen and oxygen atoms in total. The Morgan fingerprint density at radius 2 is 1.90 bits per heavy atom. The van der Waals surface area contributed by atoms with Gasteiger partial charge >= 0.3 is 5.51 Å². The van der Waals surface area contributed by atoms with Gasteiger partial charge in [-0.3, -0.25) is 0 Å². The minimum Gasteiger partial charge on any atom is -0.326 e. The third kappa shape index (κ3) is 4.38. The third-order valence-corrected chi connectivity index (χ3v) is 6.23. The van der Waals surface area contributed by atoms with Gasteiger partial charge in [-0.1, -0.05) is 31.2 Å². The maximum atomic E-state index is 12.7. The molecule has 2 aromatic carbocycles. The van der Waals surface area contributed by atoms with Gasteiger partial charge in [-0.05, 0) is 53.1 Å². The second kappa shape index (κ2) is 7.91. The van der Waals surface area contributed by atoms with Crippen molar-refractivity contribution in [1.29, 1.82) is 0 Å².